The fourth-order valence-corrected chi connectivity index (χ4v) is 5.29. The molecule has 0 radical (unpaired) electrons. The second kappa shape index (κ2) is 6.79. The lowest BCUT2D eigenvalue weighted by Crippen LogP contribution is -2.53. The first-order valence-corrected chi connectivity index (χ1v) is 9.39. The van der Waals surface area contributed by atoms with Crippen LogP contribution in [0, 0.1) is 35.0 Å². The van der Waals surface area contributed by atoms with Gasteiger partial charge < -0.3 is 4.90 Å². The second-order valence-corrected chi connectivity index (χ2v) is 8.41. The van der Waals surface area contributed by atoms with E-state index in [1.165, 1.54) is 70.9 Å². The Morgan fingerprint density at radius 1 is 1.14 bits per heavy atom. The van der Waals surface area contributed by atoms with Crippen molar-refractivity contribution in [2.24, 2.45) is 23.2 Å². The smallest absolute Gasteiger partial charge is 0.0203 e. The first-order chi connectivity index (χ1) is 10.6. The maximum Gasteiger partial charge on any atom is 0.0203 e. The molecule has 1 spiro atoms. The number of rotatable bonds is 2. The highest BCUT2D eigenvalue weighted by Gasteiger charge is 2.42. The molecule has 0 aromatic carbocycles. The normalized spacial score (nSPS) is 35.4. The molecule has 0 bridgehead atoms. The van der Waals surface area contributed by atoms with Gasteiger partial charge in [0.05, 0.1) is 0 Å². The molecule has 1 saturated heterocycles. The molecular formula is C21H33N. The van der Waals surface area contributed by atoms with Gasteiger partial charge in [0.15, 0.2) is 0 Å². The number of hydrogen-bond acceptors (Lipinski definition) is 1. The summed E-state index contributed by atoms with van der Waals surface area (Å²) in [5, 5.41) is 0. The largest absolute Gasteiger partial charge is 0.305 e. The zero-order chi connectivity index (χ0) is 15.6. The van der Waals surface area contributed by atoms with E-state index in [0.717, 1.165) is 11.8 Å². The van der Waals surface area contributed by atoms with Crippen molar-refractivity contribution in [3.05, 3.63) is 12.2 Å². The lowest BCUT2D eigenvalue weighted by molar-refractivity contribution is 0.00792. The molecule has 122 valence electrons. The number of allylic oxidation sites excluding steroid dienone is 1. The molecule has 1 heteroatoms. The van der Waals surface area contributed by atoms with Gasteiger partial charge in [0.2, 0.25) is 0 Å². The van der Waals surface area contributed by atoms with Gasteiger partial charge in [-0.3, -0.25) is 0 Å². The Morgan fingerprint density at radius 3 is 2.50 bits per heavy atom. The summed E-state index contributed by atoms with van der Waals surface area (Å²) in [6.45, 7) is 9.11. The predicted molar refractivity (Wildman–Crippen MR) is 94.5 cm³/mol. The molecular weight excluding hydrogens is 266 g/mol. The third kappa shape index (κ3) is 3.60. The summed E-state index contributed by atoms with van der Waals surface area (Å²) in [4.78, 5) is 2.49. The monoisotopic (exact) mass is 299 g/mol. The van der Waals surface area contributed by atoms with E-state index >= 15 is 0 Å². The van der Waals surface area contributed by atoms with Gasteiger partial charge in [-0.25, -0.2) is 0 Å². The third-order valence-electron chi connectivity index (χ3n) is 6.60. The Balaban J connectivity index is 1.50. The average Bonchev–Trinajstić information content (AvgIpc) is 2.63. The van der Waals surface area contributed by atoms with Gasteiger partial charge in [-0.2, -0.15) is 0 Å². The molecule has 1 nitrogen and oxygen atoms in total. The molecule has 22 heavy (non-hydrogen) atoms. The predicted octanol–water partition coefficient (Wildman–Crippen LogP) is 4.88. The molecule has 3 fully saturated rings. The summed E-state index contributed by atoms with van der Waals surface area (Å²) in [5.41, 5.74) is 2.22. The van der Waals surface area contributed by atoms with Crippen molar-refractivity contribution in [1.29, 1.82) is 0 Å². The van der Waals surface area contributed by atoms with Crippen LogP contribution in [-0.4, -0.2) is 25.0 Å². The molecule has 1 atom stereocenters. The molecule has 0 aromatic rings. The fourth-order valence-electron chi connectivity index (χ4n) is 5.29. The van der Waals surface area contributed by atoms with E-state index in [2.05, 4.69) is 30.4 Å². The van der Waals surface area contributed by atoms with Gasteiger partial charge in [-0.15, -0.1) is 11.8 Å². The molecule has 1 aliphatic heterocycles. The Morgan fingerprint density at radius 2 is 1.86 bits per heavy atom. The average molecular weight is 300 g/mol. The van der Waals surface area contributed by atoms with Crippen molar-refractivity contribution in [2.45, 2.75) is 64.7 Å². The van der Waals surface area contributed by atoms with Crippen LogP contribution < -0.4 is 0 Å². The summed E-state index contributed by atoms with van der Waals surface area (Å²) in [7, 11) is 2.26. The van der Waals surface area contributed by atoms with Crippen molar-refractivity contribution < 1.29 is 0 Å². The van der Waals surface area contributed by atoms with Gasteiger partial charge in [0, 0.05) is 19.0 Å². The first kappa shape index (κ1) is 16.1. The van der Waals surface area contributed by atoms with Crippen molar-refractivity contribution in [2.75, 3.05) is 20.1 Å². The van der Waals surface area contributed by atoms with Crippen LogP contribution in [0.25, 0.3) is 0 Å². The van der Waals surface area contributed by atoms with Gasteiger partial charge in [-0.1, -0.05) is 12.2 Å². The molecule has 1 unspecified atom stereocenters. The van der Waals surface area contributed by atoms with E-state index in [4.69, 9.17) is 0 Å². The van der Waals surface area contributed by atoms with Crippen LogP contribution in [0.2, 0.25) is 0 Å². The molecule has 3 rings (SSSR count). The number of likely N-dealkylation sites (tertiary alicyclic amines) is 1. The third-order valence-corrected chi connectivity index (χ3v) is 6.60. The lowest BCUT2D eigenvalue weighted by atomic mass is 9.73. The number of nitrogens with zero attached hydrogens (tertiary/aromatic N) is 1. The zero-order valence-corrected chi connectivity index (χ0v) is 14.7. The van der Waals surface area contributed by atoms with E-state index in [9.17, 15) is 0 Å². The fraction of sp³-hybridized carbons (Fsp3) is 0.810. The highest BCUT2D eigenvalue weighted by Crippen LogP contribution is 2.46. The SMILES string of the molecule is C=C1CCC2(CCC1CC1CCC(C#CC)CC1)CN(C)C2. The summed E-state index contributed by atoms with van der Waals surface area (Å²) in [6.07, 6.45) is 12.4. The molecule has 2 saturated carbocycles. The Bertz CT molecular complexity index is 452. The van der Waals surface area contributed by atoms with E-state index < -0.39 is 0 Å². The Labute approximate surface area is 137 Å². The summed E-state index contributed by atoms with van der Waals surface area (Å²) < 4.78 is 0. The van der Waals surface area contributed by atoms with Crippen LogP contribution in [-0.2, 0) is 0 Å². The van der Waals surface area contributed by atoms with Crippen molar-refractivity contribution in [3.8, 4) is 11.8 Å². The summed E-state index contributed by atoms with van der Waals surface area (Å²) >= 11 is 0. The maximum absolute atomic E-state index is 4.47. The molecule has 0 amide bonds. The summed E-state index contributed by atoms with van der Waals surface area (Å²) in [5.74, 6) is 8.93. The van der Waals surface area contributed by atoms with Crippen molar-refractivity contribution in [1.82, 2.24) is 4.90 Å². The first-order valence-electron chi connectivity index (χ1n) is 9.39. The van der Waals surface area contributed by atoms with Gasteiger partial charge in [-0.05, 0) is 89.0 Å². The minimum absolute atomic E-state index is 0.654. The van der Waals surface area contributed by atoms with Crippen LogP contribution >= 0.6 is 0 Å². The van der Waals surface area contributed by atoms with Crippen LogP contribution in [0.3, 0.4) is 0 Å². The number of hydrogen-bond donors (Lipinski definition) is 0. The maximum atomic E-state index is 4.47. The Kier molecular flexibility index (Phi) is 4.98. The van der Waals surface area contributed by atoms with E-state index in [1.807, 2.05) is 6.92 Å². The van der Waals surface area contributed by atoms with Crippen LogP contribution in [0.4, 0.5) is 0 Å². The second-order valence-electron chi connectivity index (χ2n) is 8.41. The molecule has 2 aliphatic carbocycles. The van der Waals surface area contributed by atoms with Crippen molar-refractivity contribution >= 4 is 0 Å². The highest BCUT2D eigenvalue weighted by molar-refractivity contribution is 5.09. The van der Waals surface area contributed by atoms with Crippen molar-refractivity contribution in [3.63, 3.8) is 0 Å². The zero-order valence-electron chi connectivity index (χ0n) is 14.7. The summed E-state index contributed by atoms with van der Waals surface area (Å²) in [6, 6.07) is 0. The van der Waals surface area contributed by atoms with Gasteiger partial charge in [0.25, 0.3) is 0 Å². The standard InChI is InChI=1S/C21H33N/c1-4-5-18-6-8-19(9-7-18)14-20-11-13-21(12-10-17(20)2)15-22(3)16-21/h18-20H,2,6-16H2,1,3H3. The van der Waals surface area contributed by atoms with Gasteiger partial charge in [0.1, 0.15) is 0 Å². The van der Waals surface area contributed by atoms with Crippen LogP contribution in [0.5, 0.6) is 0 Å². The Hall–Kier alpha value is -0.740. The molecule has 0 N–H and O–H groups in total. The highest BCUT2D eigenvalue weighted by atomic mass is 15.2. The van der Waals surface area contributed by atoms with Crippen LogP contribution in [0.15, 0.2) is 12.2 Å². The minimum Gasteiger partial charge on any atom is -0.305 e. The topological polar surface area (TPSA) is 3.24 Å². The molecule has 0 aromatic heterocycles. The van der Waals surface area contributed by atoms with E-state index in [-0.39, 0.29) is 0 Å². The lowest BCUT2D eigenvalue weighted by Gasteiger charge is -2.48. The van der Waals surface area contributed by atoms with E-state index in [1.54, 1.807) is 5.57 Å². The van der Waals surface area contributed by atoms with Crippen LogP contribution in [0.1, 0.15) is 64.7 Å². The minimum atomic E-state index is 0.654. The van der Waals surface area contributed by atoms with Gasteiger partial charge >= 0.3 is 0 Å². The van der Waals surface area contributed by atoms with E-state index in [0.29, 0.717) is 11.3 Å². The molecule has 3 aliphatic rings. The molecule has 1 heterocycles. The quantitative estimate of drug-likeness (QED) is 0.518.